The van der Waals surface area contributed by atoms with Crippen molar-refractivity contribution in [3.63, 3.8) is 0 Å². The Balaban J connectivity index is 1.98. The van der Waals surface area contributed by atoms with Crippen molar-refractivity contribution in [2.24, 2.45) is 7.05 Å². The summed E-state index contributed by atoms with van der Waals surface area (Å²) in [7, 11) is -0.373. The van der Waals surface area contributed by atoms with Crippen LogP contribution < -0.4 is 11.1 Å². The molecule has 10 heteroatoms. The van der Waals surface area contributed by atoms with Crippen molar-refractivity contribution >= 4 is 25.6 Å². The van der Waals surface area contributed by atoms with Gasteiger partial charge in [0, 0.05) is 32.4 Å². The molecular formula is C21H32N4O5Si. The minimum absolute atomic E-state index is 0.0788. The summed E-state index contributed by atoms with van der Waals surface area (Å²) in [6.07, 6.45) is 1.66. The van der Waals surface area contributed by atoms with Crippen molar-refractivity contribution in [3.05, 3.63) is 38.5 Å². The second-order valence-electron chi connectivity index (χ2n) is 9.78. The van der Waals surface area contributed by atoms with Crippen LogP contribution in [0.2, 0.25) is 18.1 Å². The van der Waals surface area contributed by atoms with Crippen LogP contribution in [0.3, 0.4) is 0 Å². The predicted octanol–water partition coefficient (Wildman–Crippen LogP) is 2.93. The van der Waals surface area contributed by atoms with Crippen molar-refractivity contribution in [1.29, 1.82) is 0 Å². The van der Waals surface area contributed by atoms with Gasteiger partial charge in [0.05, 0.1) is 12.1 Å². The van der Waals surface area contributed by atoms with Gasteiger partial charge in [0.15, 0.2) is 14.0 Å². The number of pyridine rings is 1. The summed E-state index contributed by atoms with van der Waals surface area (Å²) in [5, 5.41) is 9.25. The molecule has 1 fully saturated rings. The summed E-state index contributed by atoms with van der Waals surface area (Å²) in [5.74, 6) is 0. The van der Waals surface area contributed by atoms with Gasteiger partial charge in [-0.3, -0.25) is 14.2 Å². The number of likely N-dealkylation sites (tertiary alicyclic amines) is 1. The average molecular weight is 449 g/mol. The molecule has 3 rings (SSSR count). The lowest BCUT2D eigenvalue weighted by Gasteiger charge is -2.36. The van der Waals surface area contributed by atoms with Crippen LogP contribution in [0.4, 0.5) is 4.79 Å². The van der Waals surface area contributed by atoms with Crippen molar-refractivity contribution in [1.82, 2.24) is 19.0 Å². The molecule has 3 heterocycles. The van der Waals surface area contributed by atoms with Gasteiger partial charge in [0.25, 0.3) is 0 Å². The Morgan fingerprint density at radius 3 is 2.39 bits per heavy atom. The first kappa shape index (κ1) is 23.2. The minimum Gasteiger partial charge on any atom is -0.465 e. The molecule has 0 aromatic carbocycles. The van der Waals surface area contributed by atoms with Crippen LogP contribution in [0, 0.1) is 0 Å². The van der Waals surface area contributed by atoms with E-state index in [0.717, 1.165) is 5.56 Å². The Bertz CT molecular complexity index is 1110. The number of nitrogens with zero attached hydrogens (tertiary/aromatic N) is 4. The molecule has 1 N–H and O–H groups in total. The Hall–Kier alpha value is -2.46. The van der Waals surface area contributed by atoms with Crippen LogP contribution in [0.15, 0.2) is 21.9 Å². The lowest BCUT2D eigenvalue weighted by Crippen LogP contribution is -2.45. The van der Waals surface area contributed by atoms with Gasteiger partial charge in [-0.2, -0.15) is 0 Å². The molecule has 0 unspecified atom stereocenters. The van der Waals surface area contributed by atoms with E-state index in [1.165, 1.54) is 14.0 Å². The first-order chi connectivity index (χ1) is 14.3. The normalized spacial score (nSPS) is 16.1. The molecule has 0 radical (unpaired) electrons. The highest BCUT2D eigenvalue weighted by Crippen LogP contribution is 2.37. The third-order valence-electron chi connectivity index (χ3n) is 6.71. The van der Waals surface area contributed by atoms with Gasteiger partial charge in [0.2, 0.25) is 0 Å². The number of aromatic nitrogens is 3. The van der Waals surface area contributed by atoms with Crippen LogP contribution in [-0.2, 0) is 18.1 Å². The number of hydrogen-bond acceptors (Lipinski definition) is 5. The van der Waals surface area contributed by atoms with Gasteiger partial charge in [-0.1, -0.05) is 20.8 Å². The summed E-state index contributed by atoms with van der Waals surface area (Å²) in [6.45, 7) is 11.9. The van der Waals surface area contributed by atoms with Gasteiger partial charge < -0.3 is 19.0 Å². The number of hydrogen-bond donors (Lipinski definition) is 1. The maximum absolute atomic E-state index is 12.8. The van der Waals surface area contributed by atoms with E-state index >= 15 is 0 Å². The van der Waals surface area contributed by atoms with Gasteiger partial charge in [-0.15, -0.1) is 0 Å². The lowest BCUT2D eigenvalue weighted by molar-refractivity contribution is 0.125. The van der Waals surface area contributed by atoms with Crippen molar-refractivity contribution in [2.75, 3.05) is 13.1 Å². The Morgan fingerprint density at radius 1 is 1.23 bits per heavy atom. The maximum atomic E-state index is 12.8. The summed E-state index contributed by atoms with van der Waals surface area (Å²) in [4.78, 5) is 42.5. The molecule has 0 atom stereocenters. The molecule has 1 aliphatic rings. The van der Waals surface area contributed by atoms with Crippen LogP contribution in [-0.4, -0.2) is 51.6 Å². The van der Waals surface area contributed by atoms with Crippen LogP contribution in [0.25, 0.3) is 11.2 Å². The second-order valence-corrected chi connectivity index (χ2v) is 14.6. The summed E-state index contributed by atoms with van der Waals surface area (Å²) < 4.78 is 9.08. The molecule has 2 aromatic heterocycles. The van der Waals surface area contributed by atoms with E-state index in [9.17, 15) is 19.5 Å². The van der Waals surface area contributed by atoms with Crippen LogP contribution in [0.5, 0.6) is 0 Å². The minimum atomic E-state index is -1.95. The van der Waals surface area contributed by atoms with Crippen molar-refractivity contribution in [3.8, 4) is 0 Å². The topological polar surface area (TPSA) is 107 Å². The van der Waals surface area contributed by atoms with Gasteiger partial charge in [-0.05, 0) is 42.6 Å². The SMILES string of the molecule is Cn1c(=O)c(=O)n(C2CCN(C(=O)O)CC2)c2ncc(CO[Si](C)(C)C(C)(C)C)cc21. The number of aryl methyl sites for hydroxylation is 1. The Kier molecular flexibility index (Phi) is 6.16. The van der Waals surface area contributed by atoms with Crippen LogP contribution in [0.1, 0.15) is 45.2 Å². The first-order valence-corrected chi connectivity index (χ1v) is 13.5. The zero-order valence-electron chi connectivity index (χ0n) is 19.1. The average Bonchev–Trinajstić information content (AvgIpc) is 2.70. The summed E-state index contributed by atoms with van der Waals surface area (Å²) in [5.41, 5.74) is 0.621. The molecule has 1 saturated heterocycles. The van der Waals surface area contributed by atoms with E-state index in [4.69, 9.17) is 4.43 Å². The molecule has 0 saturated carbocycles. The third-order valence-corrected chi connectivity index (χ3v) is 11.2. The number of carboxylic acid groups (broad SMARTS) is 1. The molecule has 9 nitrogen and oxygen atoms in total. The molecule has 2 aromatic rings. The van der Waals surface area contributed by atoms with Crippen molar-refractivity contribution in [2.45, 2.75) is 64.4 Å². The molecule has 1 amide bonds. The molecule has 170 valence electrons. The largest absolute Gasteiger partial charge is 0.465 e. The maximum Gasteiger partial charge on any atom is 0.407 e. The predicted molar refractivity (Wildman–Crippen MR) is 121 cm³/mol. The number of piperidine rings is 1. The Labute approximate surface area is 182 Å². The van der Waals surface area contributed by atoms with Gasteiger partial charge >= 0.3 is 17.2 Å². The molecule has 1 aliphatic heterocycles. The molecule has 0 aliphatic carbocycles. The standard InChI is InChI=1S/C21H32N4O5Si/c1-21(2,3)31(5,6)30-13-14-11-16-17(22-12-14)25(19(27)18(26)23(16)4)15-7-9-24(10-8-15)20(28)29/h11-12,15H,7-10,13H2,1-6H3,(H,28,29). The number of amides is 1. The highest BCUT2D eigenvalue weighted by atomic mass is 28.4. The highest BCUT2D eigenvalue weighted by molar-refractivity contribution is 6.74. The summed E-state index contributed by atoms with van der Waals surface area (Å²) >= 11 is 0. The smallest absolute Gasteiger partial charge is 0.407 e. The lowest BCUT2D eigenvalue weighted by atomic mass is 10.0. The third kappa shape index (κ3) is 4.45. The second kappa shape index (κ2) is 8.23. The number of carbonyl (C=O) groups is 1. The fraction of sp³-hybridized carbons (Fsp3) is 0.619. The fourth-order valence-electron chi connectivity index (χ4n) is 3.59. The molecule has 0 spiro atoms. The van der Waals surface area contributed by atoms with Crippen LogP contribution >= 0.6 is 0 Å². The Morgan fingerprint density at radius 2 is 1.84 bits per heavy atom. The van der Waals surface area contributed by atoms with Gasteiger partial charge in [0.1, 0.15) is 0 Å². The van der Waals surface area contributed by atoms with E-state index in [-0.39, 0.29) is 11.1 Å². The van der Waals surface area contributed by atoms with E-state index in [1.54, 1.807) is 13.2 Å². The number of fused-ring (bicyclic) bond motifs is 1. The molecule has 0 bridgehead atoms. The van der Waals surface area contributed by atoms with Crippen molar-refractivity contribution < 1.29 is 14.3 Å². The monoisotopic (exact) mass is 448 g/mol. The van der Waals surface area contributed by atoms with Gasteiger partial charge in [-0.25, -0.2) is 9.78 Å². The summed E-state index contributed by atoms with van der Waals surface area (Å²) in [6, 6.07) is 1.60. The zero-order chi connectivity index (χ0) is 23.1. The first-order valence-electron chi connectivity index (χ1n) is 10.6. The highest BCUT2D eigenvalue weighted by Gasteiger charge is 2.37. The van der Waals surface area contributed by atoms with E-state index < -0.39 is 25.5 Å². The fourth-order valence-corrected chi connectivity index (χ4v) is 4.55. The van der Waals surface area contributed by atoms with E-state index in [1.807, 2.05) is 6.07 Å². The zero-order valence-corrected chi connectivity index (χ0v) is 20.1. The van der Waals surface area contributed by atoms with E-state index in [2.05, 4.69) is 38.8 Å². The molecule has 31 heavy (non-hydrogen) atoms. The molecular weight excluding hydrogens is 416 g/mol. The quantitative estimate of drug-likeness (QED) is 0.569. The number of rotatable bonds is 4. The van der Waals surface area contributed by atoms with E-state index in [0.29, 0.717) is 43.7 Å².